The Labute approximate surface area is 206 Å². The van der Waals surface area contributed by atoms with Crippen molar-refractivity contribution in [1.82, 2.24) is 4.90 Å². The molecule has 0 aromatic heterocycles. The molecule has 0 saturated carbocycles. The van der Waals surface area contributed by atoms with Crippen LogP contribution in [0.1, 0.15) is 16.7 Å². The topological polar surface area (TPSA) is 55.8 Å². The minimum atomic E-state index is -0.466. The van der Waals surface area contributed by atoms with Crippen LogP contribution < -0.4 is 9.47 Å². The molecule has 1 saturated heterocycles. The standard InChI is InChI=1S/C26H21ClFNO4S/c1-32-22-11-10-18(14-23(22)33-16-19-20(27)8-5-9-21(19)28)15-24-25(30)29(26(31)34-24)13-12-17-6-3-2-4-7-17/h2-11,14-15H,12-13,16H2,1H3/b24-15+. The second kappa shape index (κ2) is 10.8. The number of benzene rings is 3. The predicted octanol–water partition coefficient (Wildman–Crippen LogP) is 6.35. The molecule has 5 nitrogen and oxygen atoms in total. The van der Waals surface area contributed by atoms with Crippen molar-refractivity contribution in [1.29, 1.82) is 0 Å². The molecule has 1 heterocycles. The number of rotatable bonds is 8. The highest BCUT2D eigenvalue weighted by molar-refractivity contribution is 8.18. The van der Waals surface area contributed by atoms with E-state index in [1.807, 2.05) is 30.3 Å². The summed E-state index contributed by atoms with van der Waals surface area (Å²) in [6, 6.07) is 19.2. The van der Waals surface area contributed by atoms with Crippen molar-refractivity contribution in [2.75, 3.05) is 13.7 Å². The molecule has 1 aliphatic heterocycles. The van der Waals surface area contributed by atoms with E-state index in [1.165, 1.54) is 24.1 Å². The molecule has 1 fully saturated rings. The molecule has 174 valence electrons. The van der Waals surface area contributed by atoms with Crippen LogP contribution in [0.5, 0.6) is 11.5 Å². The van der Waals surface area contributed by atoms with Crippen LogP contribution in [-0.2, 0) is 17.8 Å². The number of hydrogen-bond acceptors (Lipinski definition) is 5. The van der Waals surface area contributed by atoms with Crippen LogP contribution in [0.25, 0.3) is 6.08 Å². The Morgan fingerprint density at radius 3 is 2.56 bits per heavy atom. The third-order valence-electron chi connectivity index (χ3n) is 5.26. The van der Waals surface area contributed by atoms with Gasteiger partial charge in [0.25, 0.3) is 11.1 Å². The average Bonchev–Trinajstić information content (AvgIpc) is 3.10. The Kier molecular flexibility index (Phi) is 7.55. The summed E-state index contributed by atoms with van der Waals surface area (Å²) in [5.41, 5.74) is 1.93. The first kappa shape index (κ1) is 23.9. The van der Waals surface area contributed by atoms with Gasteiger partial charge in [-0.15, -0.1) is 0 Å². The quantitative estimate of drug-likeness (QED) is 0.340. The first-order valence-corrected chi connectivity index (χ1v) is 11.7. The lowest BCUT2D eigenvalue weighted by Crippen LogP contribution is -2.30. The molecule has 0 atom stereocenters. The maximum absolute atomic E-state index is 14.1. The van der Waals surface area contributed by atoms with E-state index < -0.39 is 5.82 Å². The van der Waals surface area contributed by atoms with Gasteiger partial charge in [0.05, 0.1) is 17.0 Å². The zero-order chi connectivity index (χ0) is 24.1. The smallest absolute Gasteiger partial charge is 0.293 e. The van der Waals surface area contributed by atoms with E-state index in [9.17, 15) is 14.0 Å². The lowest BCUT2D eigenvalue weighted by molar-refractivity contribution is -0.122. The van der Waals surface area contributed by atoms with E-state index in [0.29, 0.717) is 34.9 Å². The molecule has 1 aliphatic rings. The molecule has 34 heavy (non-hydrogen) atoms. The van der Waals surface area contributed by atoms with E-state index in [0.717, 1.165) is 17.3 Å². The summed E-state index contributed by atoms with van der Waals surface area (Å²) < 4.78 is 25.2. The Hall–Kier alpha value is -3.29. The highest BCUT2D eigenvalue weighted by Crippen LogP contribution is 2.35. The molecule has 0 spiro atoms. The maximum Gasteiger partial charge on any atom is 0.293 e. The fraction of sp³-hybridized carbons (Fsp3) is 0.154. The number of amides is 2. The number of hydrogen-bond donors (Lipinski definition) is 0. The first-order valence-electron chi connectivity index (χ1n) is 10.5. The Bertz CT molecular complexity index is 1230. The van der Waals surface area contributed by atoms with Crippen LogP contribution in [0.4, 0.5) is 9.18 Å². The number of carbonyl (C=O) groups excluding carboxylic acids is 2. The molecular formula is C26H21ClFNO4S. The highest BCUT2D eigenvalue weighted by Gasteiger charge is 2.34. The van der Waals surface area contributed by atoms with E-state index in [2.05, 4.69) is 0 Å². The average molecular weight is 498 g/mol. The molecule has 2 amide bonds. The fourth-order valence-electron chi connectivity index (χ4n) is 3.45. The summed E-state index contributed by atoms with van der Waals surface area (Å²) in [6.07, 6.45) is 2.22. The van der Waals surface area contributed by atoms with E-state index in [1.54, 1.807) is 30.3 Å². The summed E-state index contributed by atoms with van der Waals surface area (Å²) in [6.45, 7) is 0.216. The van der Waals surface area contributed by atoms with Crippen LogP contribution in [0.2, 0.25) is 5.02 Å². The lowest BCUT2D eigenvalue weighted by Gasteiger charge is -2.13. The van der Waals surface area contributed by atoms with Gasteiger partial charge in [-0.1, -0.05) is 54.1 Å². The van der Waals surface area contributed by atoms with Gasteiger partial charge >= 0.3 is 0 Å². The van der Waals surface area contributed by atoms with Gasteiger partial charge in [0.2, 0.25) is 0 Å². The predicted molar refractivity (Wildman–Crippen MR) is 132 cm³/mol. The molecule has 0 aliphatic carbocycles. The summed E-state index contributed by atoms with van der Waals surface area (Å²) >= 11 is 6.99. The monoisotopic (exact) mass is 497 g/mol. The van der Waals surface area contributed by atoms with Gasteiger partial charge in [-0.3, -0.25) is 14.5 Å². The van der Waals surface area contributed by atoms with Crippen molar-refractivity contribution in [2.24, 2.45) is 0 Å². The van der Waals surface area contributed by atoms with Gasteiger partial charge in [0.1, 0.15) is 12.4 Å². The van der Waals surface area contributed by atoms with Crippen molar-refractivity contribution in [2.45, 2.75) is 13.0 Å². The molecule has 4 rings (SSSR count). The summed E-state index contributed by atoms with van der Waals surface area (Å²) in [7, 11) is 1.50. The van der Waals surface area contributed by atoms with Crippen molar-refractivity contribution in [3.05, 3.63) is 99.2 Å². The second-order valence-electron chi connectivity index (χ2n) is 7.47. The normalized spacial score (nSPS) is 14.7. The third-order valence-corrected chi connectivity index (χ3v) is 6.52. The number of nitrogens with zero attached hydrogens (tertiary/aromatic N) is 1. The van der Waals surface area contributed by atoms with E-state index in [4.69, 9.17) is 21.1 Å². The number of halogens is 2. The van der Waals surface area contributed by atoms with Crippen LogP contribution in [0, 0.1) is 5.82 Å². The van der Waals surface area contributed by atoms with Gasteiger partial charge in [-0.2, -0.15) is 0 Å². The van der Waals surface area contributed by atoms with Gasteiger partial charge < -0.3 is 9.47 Å². The Morgan fingerprint density at radius 2 is 1.82 bits per heavy atom. The molecule has 8 heteroatoms. The molecule has 0 radical (unpaired) electrons. The van der Waals surface area contributed by atoms with Crippen LogP contribution in [-0.4, -0.2) is 29.7 Å². The van der Waals surface area contributed by atoms with Gasteiger partial charge in [0, 0.05) is 12.1 Å². The van der Waals surface area contributed by atoms with Crippen molar-refractivity contribution < 1.29 is 23.5 Å². The van der Waals surface area contributed by atoms with Crippen LogP contribution in [0.15, 0.2) is 71.6 Å². The molecule has 0 N–H and O–H groups in total. The Balaban J connectivity index is 1.50. The zero-order valence-electron chi connectivity index (χ0n) is 18.3. The largest absolute Gasteiger partial charge is 0.493 e. The van der Waals surface area contributed by atoms with Gasteiger partial charge in [0.15, 0.2) is 11.5 Å². The number of carbonyl (C=O) groups is 2. The van der Waals surface area contributed by atoms with Crippen LogP contribution >= 0.6 is 23.4 Å². The zero-order valence-corrected chi connectivity index (χ0v) is 19.9. The summed E-state index contributed by atoms with van der Waals surface area (Å²) in [4.78, 5) is 26.9. The molecule has 0 unspecified atom stereocenters. The minimum absolute atomic E-state index is 0.0959. The summed E-state index contributed by atoms with van der Waals surface area (Å²) in [5, 5.41) is -0.0364. The van der Waals surface area contributed by atoms with E-state index >= 15 is 0 Å². The van der Waals surface area contributed by atoms with Crippen molar-refractivity contribution in [3.63, 3.8) is 0 Å². The number of thioether (sulfide) groups is 1. The second-order valence-corrected chi connectivity index (χ2v) is 8.87. The molecule has 3 aromatic carbocycles. The van der Waals surface area contributed by atoms with Crippen molar-refractivity contribution in [3.8, 4) is 11.5 Å². The third kappa shape index (κ3) is 5.43. The first-order chi connectivity index (χ1) is 16.5. The van der Waals surface area contributed by atoms with E-state index in [-0.39, 0.29) is 28.3 Å². The van der Waals surface area contributed by atoms with Gasteiger partial charge in [-0.05, 0) is 59.7 Å². The number of ether oxygens (including phenoxy) is 2. The highest BCUT2D eigenvalue weighted by atomic mass is 35.5. The molecule has 3 aromatic rings. The van der Waals surface area contributed by atoms with Gasteiger partial charge in [-0.25, -0.2) is 4.39 Å². The summed E-state index contributed by atoms with van der Waals surface area (Å²) in [5.74, 6) is 0.00797. The maximum atomic E-state index is 14.1. The Morgan fingerprint density at radius 1 is 1.03 bits per heavy atom. The molecular weight excluding hydrogens is 477 g/mol. The number of imide groups is 1. The van der Waals surface area contributed by atoms with Crippen molar-refractivity contribution >= 4 is 40.6 Å². The minimum Gasteiger partial charge on any atom is -0.493 e. The lowest BCUT2D eigenvalue weighted by atomic mass is 10.1. The van der Waals surface area contributed by atoms with Crippen LogP contribution in [0.3, 0.4) is 0 Å². The fourth-order valence-corrected chi connectivity index (χ4v) is 4.53. The SMILES string of the molecule is COc1ccc(/C=C2/SC(=O)N(CCc3ccccc3)C2=O)cc1OCc1c(F)cccc1Cl. The molecule has 0 bridgehead atoms. The number of methoxy groups -OCH3 is 1.